The Morgan fingerprint density at radius 3 is 2.68 bits per heavy atom. The molecular formula is C24H22N4O2S. The van der Waals surface area contributed by atoms with Gasteiger partial charge in [-0.25, -0.2) is 9.78 Å². The summed E-state index contributed by atoms with van der Waals surface area (Å²) >= 11 is 1.32. The van der Waals surface area contributed by atoms with E-state index in [4.69, 9.17) is 15.0 Å². The van der Waals surface area contributed by atoms with Gasteiger partial charge in [0, 0.05) is 17.8 Å². The van der Waals surface area contributed by atoms with Crippen LogP contribution in [-0.2, 0) is 11.3 Å². The highest BCUT2D eigenvalue weighted by atomic mass is 32.1. The number of thiazole rings is 1. The molecule has 0 atom stereocenters. The molecule has 0 saturated heterocycles. The second-order valence-corrected chi connectivity index (χ2v) is 8.17. The smallest absolute Gasteiger partial charge is 0.350 e. The maximum Gasteiger partial charge on any atom is 0.350 e. The molecule has 0 aliphatic carbocycles. The summed E-state index contributed by atoms with van der Waals surface area (Å²) in [5.74, 6) is 0.477. The van der Waals surface area contributed by atoms with Crippen LogP contribution < -0.4 is 5.32 Å². The van der Waals surface area contributed by atoms with Crippen LogP contribution in [0.15, 0.2) is 48.5 Å². The number of aryl methyl sites for hydroxylation is 2. The molecule has 0 saturated carbocycles. The molecule has 156 valence electrons. The van der Waals surface area contributed by atoms with E-state index in [1.807, 2.05) is 29.5 Å². The zero-order valence-electron chi connectivity index (χ0n) is 17.6. The minimum Gasteiger partial charge on any atom is -0.462 e. The van der Waals surface area contributed by atoms with Crippen molar-refractivity contribution in [1.29, 1.82) is 5.26 Å². The fourth-order valence-corrected chi connectivity index (χ4v) is 4.53. The molecule has 7 heteroatoms. The topological polar surface area (TPSA) is 79.4 Å². The summed E-state index contributed by atoms with van der Waals surface area (Å²) < 4.78 is 7.18. The molecule has 0 unspecified atom stereocenters. The summed E-state index contributed by atoms with van der Waals surface area (Å²) in [5.41, 5.74) is 5.42. The Balaban J connectivity index is 1.80. The first-order valence-electron chi connectivity index (χ1n) is 10.0. The lowest BCUT2D eigenvalue weighted by molar-refractivity contribution is 0.0531. The van der Waals surface area contributed by atoms with Gasteiger partial charge in [-0.3, -0.25) is 4.40 Å². The van der Waals surface area contributed by atoms with Crippen molar-refractivity contribution >= 4 is 28.1 Å². The summed E-state index contributed by atoms with van der Waals surface area (Å²) in [6.45, 7) is 6.70. The van der Waals surface area contributed by atoms with Gasteiger partial charge in [-0.1, -0.05) is 53.3 Å². The van der Waals surface area contributed by atoms with E-state index >= 15 is 0 Å². The van der Waals surface area contributed by atoms with Gasteiger partial charge in [0.05, 0.1) is 18.2 Å². The van der Waals surface area contributed by atoms with Crippen molar-refractivity contribution in [1.82, 2.24) is 9.38 Å². The SMILES string of the molecule is CCOC(=O)c1sc2nc(-c3ccc(C#N)cc3)c(NCc3cccc(C)c3)n2c1C. The van der Waals surface area contributed by atoms with Gasteiger partial charge in [0.1, 0.15) is 16.4 Å². The average molecular weight is 431 g/mol. The predicted octanol–water partition coefficient (Wildman–Crippen LogP) is 5.34. The average Bonchev–Trinajstić information content (AvgIpc) is 3.29. The van der Waals surface area contributed by atoms with E-state index in [9.17, 15) is 4.79 Å². The molecule has 0 radical (unpaired) electrons. The van der Waals surface area contributed by atoms with Crippen LogP contribution in [0, 0.1) is 25.2 Å². The zero-order valence-corrected chi connectivity index (χ0v) is 18.4. The Kier molecular flexibility index (Phi) is 5.74. The summed E-state index contributed by atoms with van der Waals surface area (Å²) in [4.78, 5) is 18.5. The van der Waals surface area contributed by atoms with Crippen molar-refractivity contribution in [3.8, 4) is 17.3 Å². The number of rotatable bonds is 6. The van der Waals surface area contributed by atoms with Gasteiger partial charge >= 0.3 is 5.97 Å². The number of carbonyl (C=O) groups is 1. The molecule has 31 heavy (non-hydrogen) atoms. The van der Waals surface area contributed by atoms with Crippen LogP contribution in [0.1, 0.15) is 39.0 Å². The Morgan fingerprint density at radius 2 is 2.00 bits per heavy atom. The molecule has 4 rings (SSSR count). The normalized spacial score (nSPS) is 10.8. The predicted molar refractivity (Wildman–Crippen MR) is 122 cm³/mol. The van der Waals surface area contributed by atoms with Gasteiger partial charge in [-0.15, -0.1) is 0 Å². The second kappa shape index (κ2) is 8.62. The lowest BCUT2D eigenvalue weighted by Crippen LogP contribution is -2.07. The van der Waals surface area contributed by atoms with Gasteiger partial charge in [-0.05, 0) is 38.5 Å². The zero-order chi connectivity index (χ0) is 22.0. The number of hydrogen-bond acceptors (Lipinski definition) is 6. The lowest BCUT2D eigenvalue weighted by atomic mass is 10.1. The van der Waals surface area contributed by atoms with Crippen molar-refractivity contribution < 1.29 is 9.53 Å². The molecule has 0 bridgehead atoms. The lowest BCUT2D eigenvalue weighted by Gasteiger charge is -2.10. The number of carbonyl (C=O) groups excluding carboxylic acids is 1. The number of imidazole rings is 1. The summed E-state index contributed by atoms with van der Waals surface area (Å²) in [5, 5.41) is 12.6. The maximum absolute atomic E-state index is 12.4. The minimum absolute atomic E-state index is 0.327. The highest BCUT2D eigenvalue weighted by Gasteiger charge is 2.23. The standard InChI is InChI=1S/C24H22N4O2S/c1-4-30-23(29)21-16(3)28-22(26-14-18-7-5-6-15(2)12-18)20(27-24(28)31-21)19-10-8-17(13-25)9-11-19/h5-12,26H,4,14H2,1-3H3. The van der Waals surface area contributed by atoms with E-state index < -0.39 is 0 Å². The summed E-state index contributed by atoms with van der Waals surface area (Å²) in [7, 11) is 0. The van der Waals surface area contributed by atoms with Crippen LogP contribution >= 0.6 is 11.3 Å². The Labute approximate surface area is 184 Å². The quantitative estimate of drug-likeness (QED) is 0.418. The second-order valence-electron chi connectivity index (χ2n) is 7.20. The number of ether oxygens (including phenoxy) is 1. The largest absolute Gasteiger partial charge is 0.462 e. The van der Waals surface area contributed by atoms with Gasteiger partial charge in [0.25, 0.3) is 0 Å². The first kappa shape index (κ1) is 20.6. The minimum atomic E-state index is -0.333. The molecule has 0 aliphatic rings. The Hall–Kier alpha value is -3.63. The summed E-state index contributed by atoms with van der Waals surface area (Å²) in [6.07, 6.45) is 0. The van der Waals surface area contributed by atoms with Gasteiger partial charge in [-0.2, -0.15) is 5.26 Å². The van der Waals surface area contributed by atoms with E-state index in [0.717, 1.165) is 28.3 Å². The molecule has 1 N–H and O–H groups in total. The fourth-order valence-electron chi connectivity index (χ4n) is 3.51. The van der Waals surface area contributed by atoms with Crippen LogP contribution in [0.5, 0.6) is 0 Å². The van der Waals surface area contributed by atoms with Crippen LogP contribution in [0.3, 0.4) is 0 Å². The number of esters is 1. The number of nitriles is 1. The highest BCUT2D eigenvalue weighted by Crippen LogP contribution is 2.35. The monoisotopic (exact) mass is 430 g/mol. The molecule has 6 nitrogen and oxygen atoms in total. The Morgan fingerprint density at radius 1 is 1.23 bits per heavy atom. The Bertz CT molecular complexity index is 1300. The molecule has 0 aliphatic heterocycles. The van der Waals surface area contributed by atoms with Crippen molar-refractivity contribution in [2.75, 3.05) is 11.9 Å². The first-order chi connectivity index (χ1) is 15.0. The van der Waals surface area contributed by atoms with E-state index in [2.05, 4.69) is 36.5 Å². The number of anilines is 1. The van der Waals surface area contributed by atoms with Crippen molar-refractivity contribution in [2.24, 2.45) is 0 Å². The van der Waals surface area contributed by atoms with Crippen LogP contribution in [0.2, 0.25) is 0 Å². The number of fused-ring (bicyclic) bond motifs is 1. The van der Waals surface area contributed by atoms with Gasteiger partial charge < -0.3 is 10.1 Å². The van der Waals surface area contributed by atoms with Crippen molar-refractivity contribution in [2.45, 2.75) is 27.3 Å². The number of benzene rings is 2. The summed E-state index contributed by atoms with van der Waals surface area (Å²) in [6, 6.07) is 17.8. The number of aromatic nitrogens is 2. The van der Waals surface area contributed by atoms with Crippen molar-refractivity contribution in [3.05, 3.63) is 75.8 Å². The number of hydrogen-bond donors (Lipinski definition) is 1. The molecule has 0 spiro atoms. The van der Waals surface area contributed by atoms with E-state index in [0.29, 0.717) is 28.6 Å². The van der Waals surface area contributed by atoms with Crippen LogP contribution in [0.25, 0.3) is 16.2 Å². The van der Waals surface area contributed by atoms with E-state index in [1.165, 1.54) is 16.9 Å². The number of nitrogens with zero attached hydrogens (tertiary/aromatic N) is 3. The number of nitrogens with one attached hydrogen (secondary N) is 1. The molecule has 0 fully saturated rings. The van der Waals surface area contributed by atoms with Crippen molar-refractivity contribution in [3.63, 3.8) is 0 Å². The third-order valence-electron chi connectivity index (χ3n) is 4.99. The van der Waals surface area contributed by atoms with Crippen LogP contribution in [-0.4, -0.2) is 22.0 Å². The van der Waals surface area contributed by atoms with E-state index in [1.54, 1.807) is 19.1 Å². The van der Waals surface area contributed by atoms with Gasteiger partial charge in [0.15, 0.2) is 4.96 Å². The van der Waals surface area contributed by atoms with Gasteiger partial charge in [0.2, 0.25) is 0 Å². The first-order valence-corrected chi connectivity index (χ1v) is 10.8. The molecule has 2 heterocycles. The third kappa shape index (κ3) is 4.03. The molecule has 4 aromatic rings. The van der Waals surface area contributed by atoms with Crippen LogP contribution in [0.4, 0.5) is 5.82 Å². The third-order valence-corrected chi connectivity index (χ3v) is 6.12. The maximum atomic E-state index is 12.4. The van der Waals surface area contributed by atoms with E-state index in [-0.39, 0.29) is 5.97 Å². The molecular weight excluding hydrogens is 408 g/mol. The molecule has 2 aromatic carbocycles. The highest BCUT2D eigenvalue weighted by molar-refractivity contribution is 7.19. The molecule has 2 aromatic heterocycles. The molecule has 0 amide bonds. The fraction of sp³-hybridized carbons (Fsp3) is 0.208.